The highest BCUT2D eigenvalue weighted by Crippen LogP contribution is 2.43. The third-order valence-corrected chi connectivity index (χ3v) is 8.31. The van der Waals surface area contributed by atoms with Crippen molar-refractivity contribution >= 4 is 54.3 Å². The lowest BCUT2D eigenvalue weighted by atomic mass is 9.93. The van der Waals surface area contributed by atoms with E-state index in [4.69, 9.17) is 19.4 Å². The van der Waals surface area contributed by atoms with Gasteiger partial charge >= 0.3 is 0 Å². The molecule has 200 valence electrons. The van der Waals surface area contributed by atoms with Gasteiger partial charge in [-0.05, 0) is 39.1 Å². The molecule has 4 nitrogen and oxygen atoms in total. The van der Waals surface area contributed by atoms with Crippen LogP contribution in [0.1, 0.15) is 0 Å². The first-order valence-electron chi connectivity index (χ1n) is 14.4. The molecule has 0 atom stereocenters. The Hall–Kier alpha value is -5.87. The van der Waals surface area contributed by atoms with E-state index in [1.54, 1.807) is 0 Å². The monoisotopic (exact) mass is 549 g/mol. The lowest BCUT2D eigenvalue weighted by molar-refractivity contribution is 0.673. The molecule has 9 aromatic rings. The molecular formula is C39H23N3O. The zero-order chi connectivity index (χ0) is 28.3. The summed E-state index contributed by atoms with van der Waals surface area (Å²) in [5, 5.41) is 9.28. The van der Waals surface area contributed by atoms with Crippen LogP contribution in [0.5, 0.6) is 0 Å². The van der Waals surface area contributed by atoms with Gasteiger partial charge in [0, 0.05) is 27.3 Å². The molecule has 0 saturated heterocycles. The number of benzene rings is 7. The van der Waals surface area contributed by atoms with E-state index in [0.717, 1.165) is 44.0 Å². The highest BCUT2D eigenvalue weighted by Gasteiger charge is 2.20. The predicted octanol–water partition coefficient (Wildman–Crippen LogP) is 10.2. The summed E-state index contributed by atoms with van der Waals surface area (Å²) in [7, 11) is 0. The zero-order valence-electron chi connectivity index (χ0n) is 23.0. The molecule has 0 amide bonds. The quantitative estimate of drug-likeness (QED) is 0.206. The second-order valence-corrected chi connectivity index (χ2v) is 10.8. The first-order chi connectivity index (χ1) is 21.3. The number of hydrogen-bond donors (Lipinski definition) is 0. The maximum atomic E-state index is 6.90. The number of hydrogen-bond acceptors (Lipinski definition) is 4. The number of nitrogens with zero attached hydrogens (tertiary/aromatic N) is 3. The van der Waals surface area contributed by atoms with Crippen molar-refractivity contribution in [3.63, 3.8) is 0 Å². The van der Waals surface area contributed by atoms with Crippen molar-refractivity contribution in [2.75, 3.05) is 0 Å². The fourth-order valence-corrected chi connectivity index (χ4v) is 6.35. The van der Waals surface area contributed by atoms with E-state index < -0.39 is 0 Å². The van der Waals surface area contributed by atoms with E-state index >= 15 is 0 Å². The van der Waals surface area contributed by atoms with Gasteiger partial charge in [0.25, 0.3) is 0 Å². The standard InChI is InChI=1S/C39H23N3O/c1-3-12-24(13-4-1)37-40-38(25-14-5-2-6-15-25)42-39(41-37)33-21-11-20-31-32-23-22-30-28-18-8-7-16-26(28)27-17-9-10-19-29(27)34(30)36(32)43-35(31)33/h1-23H. The number of furan rings is 1. The molecule has 7 aromatic carbocycles. The van der Waals surface area contributed by atoms with Crippen LogP contribution in [0.3, 0.4) is 0 Å². The van der Waals surface area contributed by atoms with Gasteiger partial charge in [0.1, 0.15) is 11.2 Å². The van der Waals surface area contributed by atoms with Crippen LogP contribution in [0.25, 0.3) is 88.4 Å². The Morgan fingerprint density at radius 1 is 0.326 bits per heavy atom. The summed E-state index contributed by atoms with van der Waals surface area (Å²) in [6, 6.07) is 47.9. The van der Waals surface area contributed by atoms with Crippen molar-refractivity contribution in [3.05, 3.63) is 140 Å². The number of aromatic nitrogens is 3. The zero-order valence-corrected chi connectivity index (χ0v) is 23.0. The first-order valence-corrected chi connectivity index (χ1v) is 14.4. The van der Waals surface area contributed by atoms with Crippen LogP contribution in [0, 0.1) is 0 Å². The summed E-state index contributed by atoms with van der Waals surface area (Å²) in [6.45, 7) is 0. The Morgan fingerprint density at radius 3 is 1.40 bits per heavy atom. The van der Waals surface area contributed by atoms with Crippen molar-refractivity contribution < 1.29 is 4.42 Å². The molecule has 9 rings (SSSR count). The van der Waals surface area contributed by atoms with E-state index in [1.807, 2.05) is 66.7 Å². The molecule has 0 aliphatic carbocycles. The minimum atomic E-state index is 0.581. The Balaban J connectivity index is 1.37. The average Bonchev–Trinajstić information content (AvgIpc) is 3.48. The van der Waals surface area contributed by atoms with Crippen molar-refractivity contribution in [2.45, 2.75) is 0 Å². The third kappa shape index (κ3) is 3.67. The Morgan fingerprint density at radius 2 is 0.767 bits per heavy atom. The summed E-state index contributed by atoms with van der Waals surface area (Å²) in [5.74, 6) is 1.83. The summed E-state index contributed by atoms with van der Waals surface area (Å²) in [4.78, 5) is 14.9. The number of fused-ring (bicyclic) bond motifs is 10. The van der Waals surface area contributed by atoms with Gasteiger partial charge in [0.2, 0.25) is 0 Å². The Kier molecular flexibility index (Phi) is 5.16. The molecule has 2 aromatic heterocycles. The van der Waals surface area contributed by atoms with E-state index in [9.17, 15) is 0 Å². The number of rotatable bonds is 3. The third-order valence-electron chi connectivity index (χ3n) is 8.31. The fraction of sp³-hybridized carbons (Fsp3) is 0. The molecule has 0 aliphatic rings. The van der Waals surface area contributed by atoms with E-state index in [2.05, 4.69) is 72.8 Å². The molecule has 0 aliphatic heterocycles. The normalized spacial score (nSPS) is 11.7. The Bertz CT molecular complexity index is 2410. The summed E-state index contributed by atoms with van der Waals surface area (Å²) < 4.78 is 6.90. The van der Waals surface area contributed by atoms with Crippen molar-refractivity contribution in [1.82, 2.24) is 15.0 Å². The van der Waals surface area contributed by atoms with Crippen LogP contribution in [0.2, 0.25) is 0 Å². The summed E-state index contributed by atoms with van der Waals surface area (Å²) >= 11 is 0. The molecule has 0 saturated carbocycles. The number of para-hydroxylation sites is 1. The molecule has 0 bridgehead atoms. The molecule has 0 N–H and O–H groups in total. The van der Waals surface area contributed by atoms with Crippen LogP contribution in [-0.2, 0) is 0 Å². The van der Waals surface area contributed by atoms with Crippen LogP contribution >= 0.6 is 0 Å². The second-order valence-electron chi connectivity index (χ2n) is 10.8. The van der Waals surface area contributed by atoms with Gasteiger partial charge in [0.15, 0.2) is 17.5 Å². The van der Waals surface area contributed by atoms with Gasteiger partial charge in [-0.1, -0.05) is 127 Å². The average molecular weight is 550 g/mol. The molecule has 0 unspecified atom stereocenters. The largest absolute Gasteiger partial charge is 0.455 e. The van der Waals surface area contributed by atoms with Gasteiger partial charge in [-0.25, -0.2) is 15.0 Å². The van der Waals surface area contributed by atoms with Crippen LogP contribution in [-0.4, -0.2) is 15.0 Å². The van der Waals surface area contributed by atoms with E-state index in [-0.39, 0.29) is 0 Å². The lowest BCUT2D eigenvalue weighted by Gasteiger charge is -2.10. The Labute approximate surface area is 246 Å². The molecular weight excluding hydrogens is 526 g/mol. The molecule has 0 radical (unpaired) electrons. The molecule has 43 heavy (non-hydrogen) atoms. The van der Waals surface area contributed by atoms with Gasteiger partial charge in [-0.3, -0.25) is 0 Å². The van der Waals surface area contributed by atoms with Crippen molar-refractivity contribution in [1.29, 1.82) is 0 Å². The summed E-state index contributed by atoms with van der Waals surface area (Å²) in [6.07, 6.45) is 0. The van der Waals surface area contributed by atoms with Crippen LogP contribution in [0.15, 0.2) is 144 Å². The predicted molar refractivity (Wildman–Crippen MR) is 176 cm³/mol. The van der Waals surface area contributed by atoms with Crippen LogP contribution < -0.4 is 0 Å². The van der Waals surface area contributed by atoms with Gasteiger partial charge in [-0.2, -0.15) is 0 Å². The van der Waals surface area contributed by atoms with Gasteiger partial charge < -0.3 is 4.42 Å². The smallest absolute Gasteiger partial charge is 0.167 e. The summed E-state index contributed by atoms with van der Waals surface area (Å²) in [5.41, 5.74) is 4.35. The highest BCUT2D eigenvalue weighted by atomic mass is 16.3. The second kappa shape index (κ2) is 9.33. The van der Waals surface area contributed by atoms with Gasteiger partial charge in [-0.15, -0.1) is 0 Å². The molecule has 0 fully saturated rings. The van der Waals surface area contributed by atoms with E-state index in [1.165, 1.54) is 26.9 Å². The molecule has 2 heterocycles. The lowest BCUT2D eigenvalue weighted by Crippen LogP contribution is -2.00. The molecule has 4 heteroatoms. The van der Waals surface area contributed by atoms with Crippen molar-refractivity contribution in [3.8, 4) is 34.2 Å². The maximum Gasteiger partial charge on any atom is 0.167 e. The van der Waals surface area contributed by atoms with Crippen molar-refractivity contribution in [2.24, 2.45) is 0 Å². The first kappa shape index (κ1) is 23.8. The van der Waals surface area contributed by atoms with Crippen LogP contribution in [0.4, 0.5) is 0 Å². The van der Waals surface area contributed by atoms with Gasteiger partial charge in [0.05, 0.1) is 5.56 Å². The fourth-order valence-electron chi connectivity index (χ4n) is 6.35. The SMILES string of the molecule is c1ccc(-c2nc(-c3ccccc3)nc(-c3cccc4c3oc3c4ccc4c5ccccc5c5ccccc5c43)n2)cc1. The maximum absolute atomic E-state index is 6.90. The minimum absolute atomic E-state index is 0.581. The highest BCUT2D eigenvalue weighted by molar-refractivity contribution is 6.32. The minimum Gasteiger partial charge on any atom is -0.455 e. The topological polar surface area (TPSA) is 51.8 Å². The van der Waals surface area contributed by atoms with E-state index in [0.29, 0.717) is 17.5 Å². The molecule has 0 spiro atoms.